The van der Waals surface area contributed by atoms with Crippen LogP contribution in [0.4, 0.5) is 0 Å². The summed E-state index contributed by atoms with van der Waals surface area (Å²) in [6, 6.07) is 6.00. The van der Waals surface area contributed by atoms with Gasteiger partial charge in [-0.05, 0) is 30.0 Å². The van der Waals surface area contributed by atoms with Gasteiger partial charge in [0.05, 0.1) is 6.61 Å². The number of rotatable bonds is 3. The number of aryl methyl sites for hydroxylation is 1. The Balaban J connectivity index is 1.65. The van der Waals surface area contributed by atoms with E-state index in [4.69, 9.17) is 4.74 Å². The predicted molar refractivity (Wildman–Crippen MR) is 67.8 cm³/mol. The molecule has 1 aromatic carbocycles. The molecule has 1 aromatic heterocycles. The number of hydrogen-bond acceptors (Lipinski definition) is 4. The van der Waals surface area contributed by atoms with Gasteiger partial charge in [0.2, 0.25) is 5.82 Å². The van der Waals surface area contributed by atoms with Gasteiger partial charge in [-0.2, -0.15) is 5.10 Å². The Morgan fingerprint density at radius 1 is 1.47 bits per heavy atom. The number of benzene rings is 1. The molecule has 2 N–H and O–H groups in total. The smallest absolute Gasteiger partial charge is 0.288 e. The van der Waals surface area contributed by atoms with Crippen LogP contribution in [0.3, 0.4) is 0 Å². The van der Waals surface area contributed by atoms with Gasteiger partial charge >= 0.3 is 0 Å². The first-order valence-corrected chi connectivity index (χ1v) is 6.21. The number of aromatic nitrogens is 3. The van der Waals surface area contributed by atoms with Crippen molar-refractivity contribution in [3.05, 3.63) is 41.5 Å². The van der Waals surface area contributed by atoms with Gasteiger partial charge in [0, 0.05) is 6.54 Å². The van der Waals surface area contributed by atoms with E-state index in [9.17, 15) is 4.79 Å². The number of carbonyl (C=O) groups is 1. The average Bonchev–Trinajstić information content (AvgIpc) is 2.99. The fraction of sp³-hybridized carbons (Fsp3) is 0.308. The second-order valence-electron chi connectivity index (χ2n) is 4.41. The summed E-state index contributed by atoms with van der Waals surface area (Å²) in [6.45, 7) is 1.25. The van der Waals surface area contributed by atoms with Crippen molar-refractivity contribution in [1.82, 2.24) is 20.5 Å². The summed E-state index contributed by atoms with van der Waals surface area (Å²) >= 11 is 0. The monoisotopic (exact) mass is 258 g/mol. The molecule has 1 aliphatic rings. The number of amides is 1. The van der Waals surface area contributed by atoms with E-state index in [2.05, 4.69) is 26.6 Å². The lowest BCUT2D eigenvalue weighted by Gasteiger charge is -2.17. The van der Waals surface area contributed by atoms with Crippen molar-refractivity contribution in [3.63, 3.8) is 0 Å². The third-order valence-electron chi connectivity index (χ3n) is 3.06. The molecule has 98 valence electrons. The molecule has 0 atom stereocenters. The summed E-state index contributed by atoms with van der Waals surface area (Å²) in [5.74, 6) is 0.921. The van der Waals surface area contributed by atoms with Gasteiger partial charge in [-0.3, -0.25) is 9.89 Å². The average molecular weight is 258 g/mol. The van der Waals surface area contributed by atoms with Crippen molar-refractivity contribution in [2.45, 2.75) is 19.4 Å². The van der Waals surface area contributed by atoms with E-state index in [0.29, 0.717) is 6.54 Å². The van der Waals surface area contributed by atoms with E-state index in [-0.39, 0.29) is 11.7 Å². The van der Waals surface area contributed by atoms with Crippen LogP contribution >= 0.6 is 0 Å². The molecule has 2 aromatic rings. The van der Waals surface area contributed by atoms with Crippen LogP contribution in [0.2, 0.25) is 0 Å². The zero-order chi connectivity index (χ0) is 13.1. The number of carbonyl (C=O) groups excluding carboxylic acids is 1. The van der Waals surface area contributed by atoms with Crippen molar-refractivity contribution < 1.29 is 9.53 Å². The number of nitrogens with zero attached hydrogens (tertiary/aromatic N) is 2. The SMILES string of the molecule is O=C(NCc1ccc2c(c1)CCCO2)c1ncn[nH]1. The molecule has 2 heterocycles. The molecule has 0 unspecified atom stereocenters. The minimum absolute atomic E-state index is 0.223. The molecule has 19 heavy (non-hydrogen) atoms. The molecule has 0 saturated heterocycles. The van der Waals surface area contributed by atoms with Gasteiger partial charge in [0.15, 0.2) is 0 Å². The van der Waals surface area contributed by atoms with Crippen molar-refractivity contribution in [2.75, 3.05) is 6.61 Å². The minimum atomic E-state index is -0.258. The third-order valence-corrected chi connectivity index (χ3v) is 3.06. The lowest BCUT2D eigenvalue weighted by molar-refractivity contribution is 0.0941. The molecule has 0 fully saturated rings. The normalized spacial score (nSPS) is 13.5. The zero-order valence-electron chi connectivity index (χ0n) is 10.3. The molecule has 0 spiro atoms. The molecule has 0 bridgehead atoms. The van der Waals surface area contributed by atoms with Crippen molar-refractivity contribution >= 4 is 5.91 Å². The Kier molecular flexibility index (Phi) is 3.14. The molecule has 0 saturated carbocycles. The molecule has 1 amide bonds. The van der Waals surface area contributed by atoms with Crippen LogP contribution in [-0.4, -0.2) is 27.7 Å². The molecular weight excluding hydrogens is 244 g/mol. The predicted octanol–water partition coefficient (Wildman–Crippen LogP) is 1.06. The molecule has 6 nitrogen and oxygen atoms in total. The third kappa shape index (κ3) is 2.57. The Morgan fingerprint density at radius 3 is 3.26 bits per heavy atom. The highest BCUT2D eigenvalue weighted by molar-refractivity contribution is 5.90. The van der Waals surface area contributed by atoms with Crippen molar-refractivity contribution in [1.29, 1.82) is 0 Å². The number of aromatic amines is 1. The maximum absolute atomic E-state index is 11.7. The first kappa shape index (κ1) is 11.7. The van der Waals surface area contributed by atoms with Crippen LogP contribution in [0.1, 0.15) is 28.2 Å². The summed E-state index contributed by atoms with van der Waals surface area (Å²) in [7, 11) is 0. The largest absolute Gasteiger partial charge is 0.493 e. The first-order valence-electron chi connectivity index (χ1n) is 6.21. The van der Waals surface area contributed by atoms with E-state index in [1.54, 1.807) is 0 Å². The summed E-state index contributed by atoms with van der Waals surface area (Å²) in [5.41, 5.74) is 2.26. The van der Waals surface area contributed by atoms with Crippen LogP contribution in [-0.2, 0) is 13.0 Å². The Bertz CT molecular complexity index is 580. The molecular formula is C13H14N4O2. The number of hydrogen-bond donors (Lipinski definition) is 2. The maximum atomic E-state index is 11.7. The maximum Gasteiger partial charge on any atom is 0.288 e. The summed E-state index contributed by atoms with van der Waals surface area (Å²) < 4.78 is 5.55. The fourth-order valence-electron chi connectivity index (χ4n) is 2.10. The lowest BCUT2D eigenvalue weighted by atomic mass is 10.0. The Morgan fingerprint density at radius 2 is 2.42 bits per heavy atom. The van der Waals surface area contributed by atoms with Gasteiger partial charge in [-0.15, -0.1) is 0 Å². The molecule has 0 radical (unpaired) electrons. The van der Waals surface area contributed by atoms with Gasteiger partial charge in [-0.25, -0.2) is 4.98 Å². The van der Waals surface area contributed by atoms with Crippen molar-refractivity contribution in [3.8, 4) is 5.75 Å². The van der Waals surface area contributed by atoms with Gasteiger partial charge in [0.1, 0.15) is 12.1 Å². The highest BCUT2D eigenvalue weighted by atomic mass is 16.5. The van der Waals surface area contributed by atoms with Gasteiger partial charge in [-0.1, -0.05) is 12.1 Å². The topological polar surface area (TPSA) is 79.9 Å². The van der Waals surface area contributed by atoms with Gasteiger partial charge in [0.25, 0.3) is 5.91 Å². The fourth-order valence-corrected chi connectivity index (χ4v) is 2.10. The van der Waals surface area contributed by atoms with Gasteiger partial charge < -0.3 is 10.1 Å². The standard InChI is InChI=1S/C13H14N4O2/c18-13(12-15-8-16-17-12)14-7-9-3-4-11-10(6-9)2-1-5-19-11/h3-4,6,8H,1-2,5,7H2,(H,14,18)(H,15,16,17). The molecule has 0 aliphatic carbocycles. The highest BCUT2D eigenvalue weighted by Crippen LogP contribution is 2.25. The van der Waals surface area contributed by atoms with E-state index in [1.165, 1.54) is 11.9 Å². The highest BCUT2D eigenvalue weighted by Gasteiger charge is 2.12. The molecule has 1 aliphatic heterocycles. The van der Waals surface area contributed by atoms with Crippen molar-refractivity contribution in [2.24, 2.45) is 0 Å². The van der Waals surface area contributed by atoms with Crippen LogP contribution in [0.25, 0.3) is 0 Å². The lowest BCUT2D eigenvalue weighted by Crippen LogP contribution is -2.24. The number of fused-ring (bicyclic) bond motifs is 1. The van der Waals surface area contributed by atoms with E-state index < -0.39 is 0 Å². The number of H-pyrrole nitrogens is 1. The number of nitrogens with one attached hydrogen (secondary N) is 2. The molecule has 6 heteroatoms. The van der Waals surface area contributed by atoms with E-state index in [1.807, 2.05) is 12.1 Å². The first-order chi connectivity index (χ1) is 9.33. The Hall–Kier alpha value is -2.37. The molecule has 3 rings (SSSR count). The van der Waals surface area contributed by atoms with Crippen LogP contribution in [0, 0.1) is 0 Å². The Labute approximate surface area is 110 Å². The summed E-state index contributed by atoms with van der Waals surface area (Å²) in [6.07, 6.45) is 3.38. The van der Waals surface area contributed by atoms with Crippen LogP contribution in [0.5, 0.6) is 5.75 Å². The summed E-state index contributed by atoms with van der Waals surface area (Å²) in [5, 5.41) is 8.97. The second kappa shape index (κ2) is 5.09. The summed E-state index contributed by atoms with van der Waals surface area (Å²) in [4.78, 5) is 15.5. The van der Waals surface area contributed by atoms with E-state index in [0.717, 1.165) is 30.8 Å². The quantitative estimate of drug-likeness (QED) is 0.862. The van der Waals surface area contributed by atoms with Crippen LogP contribution in [0.15, 0.2) is 24.5 Å². The van der Waals surface area contributed by atoms with Crippen LogP contribution < -0.4 is 10.1 Å². The zero-order valence-corrected chi connectivity index (χ0v) is 10.3. The van der Waals surface area contributed by atoms with E-state index >= 15 is 0 Å². The second-order valence-corrected chi connectivity index (χ2v) is 4.41. The number of ether oxygens (including phenoxy) is 1. The minimum Gasteiger partial charge on any atom is -0.493 e.